The van der Waals surface area contributed by atoms with Crippen LogP contribution in [-0.2, 0) is 0 Å². The number of pyridine rings is 1. The van der Waals surface area contributed by atoms with E-state index in [0.29, 0.717) is 16.5 Å². The third-order valence-corrected chi connectivity index (χ3v) is 4.31. The Morgan fingerprint density at radius 1 is 1.23 bits per heavy atom. The molecule has 4 rings (SSSR count). The Morgan fingerprint density at radius 3 is 2.88 bits per heavy atom. The van der Waals surface area contributed by atoms with E-state index in [4.69, 9.17) is 0 Å². The van der Waals surface area contributed by atoms with Gasteiger partial charge in [0.05, 0.1) is 24.3 Å². The summed E-state index contributed by atoms with van der Waals surface area (Å²) in [5.74, 6) is -0.377. The summed E-state index contributed by atoms with van der Waals surface area (Å²) in [7, 11) is 0. The average molecular weight is 364 g/mol. The summed E-state index contributed by atoms with van der Waals surface area (Å²) in [4.78, 5) is 29.2. The number of nitrogens with one attached hydrogen (secondary N) is 1. The van der Waals surface area contributed by atoms with Crippen LogP contribution in [0, 0.1) is 6.92 Å². The summed E-state index contributed by atoms with van der Waals surface area (Å²) >= 11 is 1.32. The van der Waals surface area contributed by atoms with Gasteiger partial charge in [0.1, 0.15) is 17.7 Å². The predicted octanol–water partition coefficient (Wildman–Crippen LogP) is 2.14. The van der Waals surface area contributed by atoms with Gasteiger partial charge in [-0.05, 0) is 18.6 Å². The first kappa shape index (κ1) is 16.0. The molecule has 4 aromatic rings. The van der Waals surface area contributed by atoms with Gasteiger partial charge >= 0.3 is 0 Å². The van der Waals surface area contributed by atoms with E-state index in [0.717, 1.165) is 11.3 Å². The van der Waals surface area contributed by atoms with Gasteiger partial charge in [0.25, 0.3) is 5.91 Å². The molecule has 0 fully saturated rings. The molecule has 0 atom stereocenters. The number of aryl methyl sites for hydroxylation is 1. The second-order valence-electron chi connectivity index (χ2n) is 5.29. The maximum absolute atomic E-state index is 12.6. The molecule has 26 heavy (non-hydrogen) atoms. The van der Waals surface area contributed by atoms with Crippen LogP contribution in [0.2, 0.25) is 0 Å². The number of nitrogens with zero attached hydrogens (tertiary/aromatic N) is 7. The first-order valence-corrected chi connectivity index (χ1v) is 8.45. The molecule has 128 valence electrons. The van der Waals surface area contributed by atoms with E-state index in [1.54, 1.807) is 18.6 Å². The average Bonchev–Trinajstić information content (AvgIpc) is 3.32. The fraction of sp³-hybridized carbons (Fsp3) is 0.0625. The highest BCUT2D eigenvalue weighted by atomic mass is 32.1. The predicted molar refractivity (Wildman–Crippen MR) is 95.0 cm³/mol. The fourth-order valence-corrected chi connectivity index (χ4v) is 3.03. The molecule has 0 aromatic carbocycles. The fourth-order valence-electron chi connectivity index (χ4n) is 2.34. The lowest BCUT2D eigenvalue weighted by molar-refractivity contribution is 0.101. The van der Waals surface area contributed by atoms with Gasteiger partial charge in [0.15, 0.2) is 10.8 Å². The van der Waals surface area contributed by atoms with Crippen LogP contribution in [0.3, 0.4) is 0 Å². The quantitative estimate of drug-likeness (QED) is 0.590. The molecular formula is C16H12N8OS. The summed E-state index contributed by atoms with van der Waals surface area (Å²) in [5, 5.41) is 12.8. The van der Waals surface area contributed by atoms with Crippen LogP contribution in [-0.4, -0.2) is 40.8 Å². The highest BCUT2D eigenvalue weighted by Gasteiger charge is 2.17. The summed E-state index contributed by atoms with van der Waals surface area (Å²) in [6.07, 6.45) is 7.58. The molecule has 0 aliphatic carbocycles. The van der Waals surface area contributed by atoms with Gasteiger partial charge in [0.2, 0.25) is 0 Å². The van der Waals surface area contributed by atoms with Crippen LogP contribution in [0.4, 0.5) is 5.13 Å². The Bertz CT molecular complexity index is 1060. The van der Waals surface area contributed by atoms with Gasteiger partial charge in [-0.1, -0.05) is 11.3 Å². The number of aromatic nitrogens is 7. The number of carbonyl (C=O) groups excluding carboxylic acids is 1. The van der Waals surface area contributed by atoms with E-state index in [1.165, 1.54) is 28.5 Å². The topological polar surface area (TPSA) is 111 Å². The van der Waals surface area contributed by atoms with Crippen LogP contribution >= 0.6 is 11.3 Å². The molecular weight excluding hydrogens is 352 g/mol. The molecule has 4 aromatic heterocycles. The minimum Gasteiger partial charge on any atom is -0.296 e. The Morgan fingerprint density at radius 2 is 2.08 bits per heavy atom. The highest BCUT2D eigenvalue weighted by molar-refractivity contribution is 7.14. The van der Waals surface area contributed by atoms with Crippen molar-refractivity contribution in [2.75, 3.05) is 5.32 Å². The van der Waals surface area contributed by atoms with Crippen molar-refractivity contribution in [1.29, 1.82) is 0 Å². The maximum atomic E-state index is 12.6. The summed E-state index contributed by atoms with van der Waals surface area (Å²) < 4.78 is 1.37. The molecule has 9 nitrogen and oxygen atoms in total. The Hall–Kier alpha value is -3.53. The van der Waals surface area contributed by atoms with Crippen LogP contribution in [0.1, 0.15) is 16.1 Å². The number of rotatable bonds is 4. The lowest BCUT2D eigenvalue weighted by Gasteiger charge is -2.04. The lowest BCUT2D eigenvalue weighted by atomic mass is 10.2. The van der Waals surface area contributed by atoms with Crippen molar-refractivity contribution in [1.82, 2.24) is 34.9 Å². The van der Waals surface area contributed by atoms with E-state index in [9.17, 15) is 4.79 Å². The van der Waals surface area contributed by atoms with Gasteiger partial charge in [-0.3, -0.25) is 15.1 Å². The highest BCUT2D eigenvalue weighted by Crippen LogP contribution is 2.25. The van der Waals surface area contributed by atoms with Gasteiger partial charge in [0, 0.05) is 11.6 Å². The molecule has 0 bridgehead atoms. The van der Waals surface area contributed by atoms with E-state index < -0.39 is 0 Å². The first-order chi connectivity index (χ1) is 12.7. The number of carbonyl (C=O) groups is 1. The minimum absolute atomic E-state index is 0.255. The Balaban J connectivity index is 1.57. The van der Waals surface area contributed by atoms with E-state index >= 15 is 0 Å². The molecule has 0 aliphatic heterocycles. The monoisotopic (exact) mass is 364 g/mol. The van der Waals surface area contributed by atoms with Crippen molar-refractivity contribution >= 4 is 22.4 Å². The minimum atomic E-state index is -0.377. The number of anilines is 1. The van der Waals surface area contributed by atoms with Gasteiger partial charge in [-0.2, -0.15) is 0 Å². The number of hydrogen-bond donors (Lipinski definition) is 1. The first-order valence-electron chi connectivity index (χ1n) is 7.57. The van der Waals surface area contributed by atoms with Gasteiger partial charge in [-0.15, -0.1) is 16.4 Å². The molecule has 0 saturated carbocycles. The van der Waals surface area contributed by atoms with Crippen LogP contribution in [0.25, 0.3) is 17.1 Å². The molecule has 4 heterocycles. The van der Waals surface area contributed by atoms with Crippen molar-refractivity contribution in [3.05, 3.63) is 59.9 Å². The van der Waals surface area contributed by atoms with Crippen LogP contribution < -0.4 is 5.32 Å². The normalized spacial score (nSPS) is 10.7. The third-order valence-electron chi connectivity index (χ3n) is 3.55. The Kier molecular flexibility index (Phi) is 4.15. The van der Waals surface area contributed by atoms with Crippen LogP contribution in [0.5, 0.6) is 0 Å². The molecule has 0 saturated heterocycles. The van der Waals surface area contributed by atoms with Crippen molar-refractivity contribution in [2.24, 2.45) is 0 Å². The van der Waals surface area contributed by atoms with Crippen LogP contribution in [0.15, 0.2) is 48.6 Å². The maximum Gasteiger partial charge on any atom is 0.277 e. The van der Waals surface area contributed by atoms with Crippen molar-refractivity contribution in [3.8, 4) is 17.1 Å². The van der Waals surface area contributed by atoms with Crippen molar-refractivity contribution in [2.45, 2.75) is 6.92 Å². The third kappa shape index (κ3) is 3.05. The lowest BCUT2D eigenvalue weighted by Crippen LogP contribution is -2.17. The van der Waals surface area contributed by atoms with Crippen molar-refractivity contribution < 1.29 is 4.79 Å². The molecule has 0 radical (unpaired) electrons. The summed E-state index contributed by atoms with van der Waals surface area (Å²) in [6, 6.07) is 3.83. The zero-order valence-corrected chi connectivity index (χ0v) is 14.4. The molecule has 10 heteroatoms. The Labute approximate surface area is 151 Å². The number of hydrogen-bond acceptors (Lipinski definition) is 8. The second kappa shape index (κ2) is 6.76. The molecule has 1 N–H and O–H groups in total. The molecule has 0 aliphatic rings. The molecule has 0 spiro atoms. The van der Waals surface area contributed by atoms with Crippen molar-refractivity contribution in [3.63, 3.8) is 0 Å². The second-order valence-corrected chi connectivity index (χ2v) is 6.15. The zero-order chi connectivity index (χ0) is 17.9. The summed E-state index contributed by atoms with van der Waals surface area (Å²) in [5.41, 5.74) is 3.32. The largest absolute Gasteiger partial charge is 0.296 e. The molecule has 0 unspecified atom stereocenters. The standard InChI is InChI=1S/C16H12N8OS/c1-10-3-2-4-19-14(10)12-8-26-16(21-12)22-15(25)13-7-20-23-24(13)11-5-17-9-18-6-11/h2-9H,1H3,(H,21,22,25). The van der Waals surface area contributed by atoms with Gasteiger partial charge < -0.3 is 0 Å². The van der Waals surface area contributed by atoms with E-state index in [2.05, 4.69) is 35.6 Å². The smallest absolute Gasteiger partial charge is 0.277 e. The number of amides is 1. The van der Waals surface area contributed by atoms with E-state index in [-0.39, 0.29) is 11.6 Å². The SMILES string of the molecule is Cc1cccnc1-c1csc(NC(=O)c2cnnn2-c2cncnc2)n1. The zero-order valence-electron chi connectivity index (χ0n) is 13.6. The van der Waals surface area contributed by atoms with E-state index in [1.807, 2.05) is 24.4 Å². The van der Waals surface area contributed by atoms with Gasteiger partial charge in [-0.25, -0.2) is 19.6 Å². The molecule has 1 amide bonds. The number of thiazole rings is 1. The summed E-state index contributed by atoms with van der Waals surface area (Å²) in [6.45, 7) is 1.96.